The molecule has 0 saturated carbocycles. The predicted molar refractivity (Wildman–Crippen MR) is 105 cm³/mol. The molecule has 2 N–H and O–H groups in total. The molecule has 1 amide bonds. The Kier molecular flexibility index (Phi) is 6.18. The second kappa shape index (κ2) is 8.24. The van der Waals surface area contributed by atoms with Gasteiger partial charge in [-0.2, -0.15) is 17.9 Å². The molecule has 168 valence electrons. The highest BCUT2D eigenvalue weighted by Gasteiger charge is 2.38. The van der Waals surface area contributed by atoms with Crippen molar-refractivity contribution in [3.05, 3.63) is 59.7 Å². The van der Waals surface area contributed by atoms with Crippen LogP contribution in [0.1, 0.15) is 30.5 Å². The molecule has 0 fully saturated rings. The number of fused-ring (bicyclic) bond motifs is 1. The Morgan fingerprint density at radius 3 is 2.39 bits per heavy atom. The topological polar surface area (TPSA) is 109 Å². The first kappa shape index (κ1) is 23.2. The Morgan fingerprint density at radius 1 is 1.10 bits per heavy atom. The van der Waals surface area contributed by atoms with Gasteiger partial charge in [0.15, 0.2) is 9.84 Å². The number of sulfonamides is 1. The zero-order valence-electron chi connectivity index (χ0n) is 16.2. The third-order valence-electron chi connectivity index (χ3n) is 4.83. The van der Waals surface area contributed by atoms with Crippen LogP contribution in [0.4, 0.5) is 13.2 Å². The van der Waals surface area contributed by atoms with Crippen molar-refractivity contribution < 1.29 is 34.8 Å². The summed E-state index contributed by atoms with van der Waals surface area (Å²) < 4.78 is 90.9. The maximum atomic E-state index is 13.2. The third-order valence-corrected chi connectivity index (χ3v) is 8.24. The number of halogens is 3. The third kappa shape index (κ3) is 4.91. The maximum Gasteiger partial charge on any atom is 0.417 e. The van der Waals surface area contributed by atoms with E-state index in [1.165, 1.54) is 13.0 Å². The number of sulfone groups is 1. The molecule has 3 rings (SSSR count). The lowest BCUT2D eigenvalue weighted by molar-refractivity contribution is -0.139. The largest absolute Gasteiger partial charge is 0.417 e. The SMILES string of the molecule is C[C@H](NS(=O)(=O)c1ccccc1C(F)(F)F)C(=O)NC1CCS(=O)(=O)c2ccccc21. The number of alkyl halides is 3. The minimum Gasteiger partial charge on any atom is -0.348 e. The number of rotatable bonds is 5. The van der Waals surface area contributed by atoms with Crippen LogP contribution in [0, 0.1) is 0 Å². The quantitative estimate of drug-likeness (QED) is 0.689. The van der Waals surface area contributed by atoms with Gasteiger partial charge in [0.25, 0.3) is 0 Å². The molecule has 7 nitrogen and oxygen atoms in total. The molecule has 0 spiro atoms. The number of hydrogen-bond acceptors (Lipinski definition) is 5. The Labute approximate surface area is 177 Å². The van der Waals surface area contributed by atoms with Crippen LogP contribution in [-0.4, -0.2) is 34.5 Å². The van der Waals surface area contributed by atoms with Gasteiger partial charge < -0.3 is 5.32 Å². The zero-order valence-corrected chi connectivity index (χ0v) is 17.8. The fourth-order valence-electron chi connectivity index (χ4n) is 3.32. The highest BCUT2D eigenvalue weighted by molar-refractivity contribution is 7.91. The van der Waals surface area contributed by atoms with Crippen LogP contribution in [0.15, 0.2) is 58.3 Å². The molecule has 1 aliphatic rings. The van der Waals surface area contributed by atoms with Crippen molar-refractivity contribution in [2.24, 2.45) is 0 Å². The molecule has 31 heavy (non-hydrogen) atoms. The summed E-state index contributed by atoms with van der Waals surface area (Å²) in [7, 11) is -8.15. The normalized spacial score (nSPS) is 19.3. The van der Waals surface area contributed by atoms with Gasteiger partial charge in [0.05, 0.1) is 33.2 Å². The van der Waals surface area contributed by atoms with Crippen molar-refractivity contribution in [1.82, 2.24) is 10.0 Å². The Bertz CT molecular complexity index is 1210. The summed E-state index contributed by atoms with van der Waals surface area (Å²) >= 11 is 0. The summed E-state index contributed by atoms with van der Waals surface area (Å²) in [5.74, 6) is -0.999. The van der Waals surface area contributed by atoms with Gasteiger partial charge in [-0.05, 0) is 37.1 Å². The molecule has 12 heteroatoms. The molecule has 0 bridgehead atoms. The van der Waals surface area contributed by atoms with Crippen LogP contribution in [0.25, 0.3) is 0 Å². The van der Waals surface area contributed by atoms with Crippen molar-refractivity contribution in [3.63, 3.8) is 0 Å². The smallest absolute Gasteiger partial charge is 0.348 e. The lowest BCUT2D eigenvalue weighted by Crippen LogP contribution is -2.47. The van der Waals surface area contributed by atoms with Crippen molar-refractivity contribution in [2.45, 2.75) is 41.4 Å². The zero-order chi connectivity index (χ0) is 23.0. The number of carbonyl (C=O) groups excluding carboxylic acids is 1. The van der Waals surface area contributed by atoms with Crippen molar-refractivity contribution in [1.29, 1.82) is 0 Å². The molecular formula is C19H19F3N2O5S2. The van der Waals surface area contributed by atoms with Crippen LogP contribution >= 0.6 is 0 Å². The van der Waals surface area contributed by atoms with Crippen LogP contribution in [0.5, 0.6) is 0 Å². The Hall–Kier alpha value is -2.44. The summed E-state index contributed by atoms with van der Waals surface area (Å²) in [6, 6.07) is 7.69. The molecule has 2 atom stereocenters. The summed E-state index contributed by atoms with van der Waals surface area (Å²) in [4.78, 5) is 11.7. The standard InChI is InChI=1S/C19H19F3N2O5S2/c1-12(24-31(28,29)17-9-5-3-7-14(17)19(20,21)22)18(25)23-15-10-11-30(26,27)16-8-4-2-6-13(15)16/h2-9,12,15,24H,10-11H2,1H3,(H,23,25)/t12-,15?/m0/s1. The van der Waals surface area contributed by atoms with Gasteiger partial charge in [0.1, 0.15) is 0 Å². The van der Waals surface area contributed by atoms with E-state index in [9.17, 15) is 34.8 Å². The monoisotopic (exact) mass is 476 g/mol. The van der Waals surface area contributed by atoms with Gasteiger partial charge in [-0.25, -0.2) is 16.8 Å². The van der Waals surface area contributed by atoms with Gasteiger partial charge >= 0.3 is 6.18 Å². The van der Waals surface area contributed by atoms with E-state index in [1.54, 1.807) is 18.2 Å². The number of benzene rings is 2. The molecule has 2 aromatic carbocycles. The predicted octanol–water partition coefficient (Wildman–Crippen LogP) is 2.41. The molecule has 1 unspecified atom stereocenters. The van der Waals surface area contributed by atoms with Gasteiger partial charge in [-0.3, -0.25) is 4.79 Å². The van der Waals surface area contributed by atoms with Crippen LogP contribution < -0.4 is 10.0 Å². The van der Waals surface area contributed by atoms with Crippen LogP contribution in [-0.2, 0) is 30.8 Å². The van der Waals surface area contributed by atoms with E-state index in [0.29, 0.717) is 11.6 Å². The van der Waals surface area contributed by atoms with Gasteiger partial charge in [0.2, 0.25) is 15.9 Å². The first-order valence-electron chi connectivity index (χ1n) is 9.13. The Balaban J connectivity index is 1.79. The van der Waals surface area contributed by atoms with E-state index < -0.39 is 54.5 Å². The van der Waals surface area contributed by atoms with E-state index in [2.05, 4.69) is 5.32 Å². The van der Waals surface area contributed by atoms with Crippen molar-refractivity contribution >= 4 is 25.8 Å². The molecule has 0 saturated heterocycles. The van der Waals surface area contributed by atoms with Crippen LogP contribution in [0.3, 0.4) is 0 Å². The second-order valence-corrected chi connectivity index (χ2v) is 10.8. The van der Waals surface area contributed by atoms with Crippen molar-refractivity contribution in [3.8, 4) is 0 Å². The van der Waals surface area contributed by atoms with E-state index in [-0.39, 0.29) is 17.1 Å². The van der Waals surface area contributed by atoms with E-state index in [4.69, 9.17) is 0 Å². The highest BCUT2D eigenvalue weighted by atomic mass is 32.2. The van der Waals surface area contributed by atoms with Gasteiger partial charge in [-0.15, -0.1) is 0 Å². The van der Waals surface area contributed by atoms with E-state index in [0.717, 1.165) is 18.2 Å². The Morgan fingerprint density at radius 2 is 1.71 bits per heavy atom. The lowest BCUT2D eigenvalue weighted by atomic mass is 10.0. The van der Waals surface area contributed by atoms with Gasteiger partial charge in [0, 0.05) is 0 Å². The fraction of sp³-hybridized carbons (Fsp3) is 0.316. The summed E-state index contributed by atoms with van der Waals surface area (Å²) in [5, 5.41) is 2.58. The number of amides is 1. The first-order chi connectivity index (χ1) is 14.3. The molecule has 1 heterocycles. The molecule has 0 aromatic heterocycles. The fourth-order valence-corrected chi connectivity index (χ4v) is 6.37. The summed E-state index contributed by atoms with van der Waals surface area (Å²) in [5.41, 5.74) is -0.971. The van der Waals surface area contributed by atoms with Crippen molar-refractivity contribution in [2.75, 3.05) is 5.75 Å². The number of nitrogens with one attached hydrogen (secondary N) is 2. The maximum absolute atomic E-state index is 13.2. The minimum atomic E-state index is -4.89. The second-order valence-electron chi connectivity index (χ2n) is 7.04. The number of hydrogen-bond donors (Lipinski definition) is 2. The highest BCUT2D eigenvalue weighted by Crippen LogP contribution is 2.34. The summed E-state index contributed by atoms with van der Waals surface area (Å²) in [6.45, 7) is 1.19. The molecule has 2 aromatic rings. The molecular weight excluding hydrogens is 457 g/mol. The van der Waals surface area contributed by atoms with E-state index >= 15 is 0 Å². The molecule has 1 aliphatic heterocycles. The van der Waals surface area contributed by atoms with Crippen LogP contribution in [0.2, 0.25) is 0 Å². The van der Waals surface area contributed by atoms with E-state index in [1.807, 2.05) is 4.72 Å². The summed E-state index contributed by atoms with van der Waals surface area (Å²) in [6.07, 6.45) is -4.81. The minimum absolute atomic E-state index is 0.0823. The first-order valence-corrected chi connectivity index (χ1v) is 12.3. The molecule has 0 aliphatic carbocycles. The number of carbonyl (C=O) groups is 1. The molecule has 0 radical (unpaired) electrons. The average Bonchev–Trinajstić information content (AvgIpc) is 2.69. The lowest BCUT2D eigenvalue weighted by Gasteiger charge is -2.27. The van der Waals surface area contributed by atoms with Gasteiger partial charge in [-0.1, -0.05) is 30.3 Å². The average molecular weight is 476 g/mol.